The first-order valence-electron chi connectivity index (χ1n) is 10.0. The molecule has 1 amide bonds. The summed E-state index contributed by atoms with van der Waals surface area (Å²) < 4.78 is 6.69. The molecule has 1 aliphatic rings. The van der Waals surface area contributed by atoms with Gasteiger partial charge in [0.15, 0.2) is 0 Å². The highest BCUT2D eigenvalue weighted by Crippen LogP contribution is 2.34. The third-order valence-corrected chi connectivity index (χ3v) is 5.78. The van der Waals surface area contributed by atoms with E-state index in [1.807, 2.05) is 37.3 Å². The third-order valence-electron chi connectivity index (χ3n) is 5.78. The van der Waals surface area contributed by atoms with Gasteiger partial charge in [-0.25, -0.2) is 9.97 Å². The standard InChI is InChI=1S/C23H21N5O3/c1-14-4-3-10-28-21(14)24-12-17(23(28)30)22(29)27-11-9-18-19(26-13-25-18)20(27)15-5-7-16(31-2)8-6-15/h3-8,10,12-13,20H,9,11H2,1-2H3,(H,25,26)/t20-/m0/s1. The molecule has 4 aromatic rings. The van der Waals surface area contributed by atoms with Crippen molar-refractivity contribution in [1.82, 2.24) is 24.3 Å². The summed E-state index contributed by atoms with van der Waals surface area (Å²) in [5.74, 6) is 0.370. The zero-order valence-corrected chi connectivity index (χ0v) is 17.2. The number of H-pyrrole nitrogens is 1. The predicted molar refractivity (Wildman–Crippen MR) is 114 cm³/mol. The monoisotopic (exact) mass is 415 g/mol. The Balaban J connectivity index is 1.61. The molecular formula is C23H21N5O3. The minimum Gasteiger partial charge on any atom is -0.497 e. The van der Waals surface area contributed by atoms with Gasteiger partial charge in [0.1, 0.15) is 23.0 Å². The van der Waals surface area contributed by atoms with Crippen LogP contribution in [0.2, 0.25) is 0 Å². The molecule has 0 fully saturated rings. The highest BCUT2D eigenvalue weighted by Gasteiger charge is 2.35. The maximum Gasteiger partial charge on any atom is 0.270 e. The van der Waals surface area contributed by atoms with Gasteiger partial charge in [0.2, 0.25) is 0 Å². The van der Waals surface area contributed by atoms with Gasteiger partial charge in [-0.1, -0.05) is 18.2 Å². The van der Waals surface area contributed by atoms with Crippen molar-refractivity contribution in [2.24, 2.45) is 0 Å². The van der Waals surface area contributed by atoms with E-state index >= 15 is 0 Å². The van der Waals surface area contributed by atoms with Crippen molar-refractivity contribution in [2.75, 3.05) is 13.7 Å². The lowest BCUT2D eigenvalue weighted by Gasteiger charge is -2.35. The Kier molecular flexibility index (Phi) is 4.54. The molecule has 1 aliphatic heterocycles. The molecule has 0 saturated heterocycles. The maximum absolute atomic E-state index is 13.6. The van der Waals surface area contributed by atoms with Crippen molar-refractivity contribution in [1.29, 1.82) is 0 Å². The molecule has 0 bridgehead atoms. The average molecular weight is 415 g/mol. The van der Waals surface area contributed by atoms with E-state index in [4.69, 9.17) is 4.74 Å². The van der Waals surface area contributed by atoms with Gasteiger partial charge in [-0.15, -0.1) is 0 Å². The summed E-state index contributed by atoms with van der Waals surface area (Å²) in [5.41, 5.74) is 3.76. The van der Waals surface area contributed by atoms with Crippen LogP contribution >= 0.6 is 0 Å². The van der Waals surface area contributed by atoms with E-state index in [-0.39, 0.29) is 17.0 Å². The quantitative estimate of drug-likeness (QED) is 0.555. The minimum atomic E-state index is -0.411. The first kappa shape index (κ1) is 19.0. The van der Waals surface area contributed by atoms with Gasteiger partial charge >= 0.3 is 0 Å². The van der Waals surface area contributed by atoms with Crippen LogP contribution < -0.4 is 10.3 Å². The number of hydrogen-bond acceptors (Lipinski definition) is 5. The molecular weight excluding hydrogens is 394 g/mol. The van der Waals surface area contributed by atoms with Crippen LogP contribution in [-0.2, 0) is 6.42 Å². The van der Waals surface area contributed by atoms with E-state index in [0.29, 0.717) is 18.6 Å². The number of imidazole rings is 1. The lowest BCUT2D eigenvalue weighted by molar-refractivity contribution is 0.0688. The van der Waals surface area contributed by atoms with Crippen molar-refractivity contribution in [3.8, 4) is 5.75 Å². The molecule has 1 atom stereocenters. The molecule has 0 spiro atoms. The van der Waals surface area contributed by atoms with Gasteiger partial charge in [0.05, 0.1) is 19.1 Å². The van der Waals surface area contributed by atoms with Gasteiger partial charge < -0.3 is 14.6 Å². The Morgan fingerprint density at radius 2 is 2.00 bits per heavy atom. The van der Waals surface area contributed by atoms with E-state index < -0.39 is 6.04 Å². The molecule has 8 nitrogen and oxygen atoms in total. The van der Waals surface area contributed by atoms with Crippen LogP contribution in [0.4, 0.5) is 0 Å². The summed E-state index contributed by atoms with van der Waals surface area (Å²) in [7, 11) is 1.61. The molecule has 5 rings (SSSR count). The molecule has 0 aliphatic carbocycles. The lowest BCUT2D eigenvalue weighted by Crippen LogP contribution is -2.43. The van der Waals surface area contributed by atoms with Crippen LogP contribution in [0.25, 0.3) is 5.65 Å². The number of hydrogen-bond donors (Lipinski definition) is 1. The van der Waals surface area contributed by atoms with E-state index in [0.717, 1.165) is 28.3 Å². The summed E-state index contributed by atoms with van der Waals surface area (Å²) in [4.78, 5) is 40.5. The average Bonchev–Trinajstić information content (AvgIpc) is 3.28. The van der Waals surface area contributed by atoms with E-state index in [1.54, 1.807) is 30.6 Å². The number of pyridine rings is 1. The Hall–Kier alpha value is -3.94. The zero-order valence-electron chi connectivity index (χ0n) is 17.2. The predicted octanol–water partition coefficient (Wildman–Crippen LogP) is 2.52. The molecule has 3 aromatic heterocycles. The number of benzene rings is 1. The van der Waals surface area contributed by atoms with Crippen molar-refractivity contribution in [3.05, 3.63) is 93.6 Å². The molecule has 0 radical (unpaired) electrons. The second-order valence-electron chi connectivity index (χ2n) is 7.55. The van der Waals surface area contributed by atoms with Crippen LogP contribution in [0.5, 0.6) is 5.75 Å². The first-order chi connectivity index (χ1) is 15.1. The highest BCUT2D eigenvalue weighted by molar-refractivity contribution is 5.94. The SMILES string of the molecule is COc1ccc([C@H]2c3nc[nH]c3CCN2C(=O)c2cnc3c(C)cccn3c2=O)cc1. The Labute approximate surface area is 178 Å². The summed E-state index contributed by atoms with van der Waals surface area (Å²) >= 11 is 0. The molecule has 0 saturated carbocycles. The van der Waals surface area contributed by atoms with Gasteiger partial charge in [0, 0.05) is 31.1 Å². The first-order valence-corrected chi connectivity index (χ1v) is 10.0. The van der Waals surface area contributed by atoms with E-state index in [9.17, 15) is 9.59 Å². The third kappa shape index (κ3) is 3.07. The smallest absolute Gasteiger partial charge is 0.270 e. The number of nitrogens with one attached hydrogen (secondary N) is 1. The van der Waals surface area contributed by atoms with Crippen LogP contribution in [0.1, 0.15) is 38.9 Å². The van der Waals surface area contributed by atoms with Crippen molar-refractivity contribution < 1.29 is 9.53 Å². The number of aromatic amines is 1. The Morgan fingerprint density at radius 3 is 2.77 bits per heavy atom. The topological polar surface area (TPSA) is 92.6 Å². The summed E-state index contributed by atoms with van der Waals surface area (Å²) in [6.45, 7) is 2.34. The molecule has 156 valence electrons. The van der Waals surface area contributed by atoms with Crippen LogP contribution in [-0.4, -0.2) is 43.8 Å². The summed E-state index contributed by atoms with van der Waals surface area (Å²) in [6, 6.07) is 10.8. The van der Waals surface area contributed by atoms with Gasteiger partial charge in [-0.3, -0.25) is 14.0 Å². The lowest BCUT2D eigenvalue weighted by atomic mass is 9.95. The largest absolute Gasteiger partial charge is 0.497 e. The van der Waals surface area contributed by atoms with Crippen molar-refractivity contribution in [3.63, 3.8) is 0 Å². The number of methoxy groups -OCH3 is 1. The minimum absolute atomic E-state index is 0.0422. The molecule has 1 N–H and O–H groups in total. The van der Waals surface area contributed by atoms with E-state index in [2.05, 4.69) is 15.0 Å². The fourth-order valence-electron chi connectivity index (χ4n) is 4.17. The van der Waals surface area contributed by atoms with Gasteiger partial charge in [-0.05, 0) is 36.2 Å². The zero-order chi connectivity index (χ0) is 21.5. The number of aromatic nitrogens is 4. The second kappa shape index (κ2) is 7.39. The summed E-state index contributed by atoms with van der Waals surface area (Å²) in [5, 5.41) is 0. The number of aryl methyl sites for hydroxylation is 1. The van der Waals surface area contributed by atoms with Gasteiger partial charge in [0.25, 0.3) is 11.5 Å². The number of amides is 1. The molecule has 1 aromatic carbocycles. The number of rotatable bonds is 3. The Bertz CT molecular complexity index is 1340. The van der Waals surface area contributed by atoms with Crippen LogP contribution in [0.15, 0.2) is 59.9 Å². The molecule has 31 heavy (non-hydrogen) atoms. The number of carbonyl (C=O) groups is 1. The molecule has 0 unspecified atom stereocenters. The van der Waals surface area contributed by atoms with Crippen LogP contribution in [0.3, 0.4) is 0 Å². The van der Waals surface area contributed by atoms with Crippen molar-refractivity contribution in [2.45, 2.75) is 19.4 Å². The van der Waals surface area contributed by atoms with Gasteiger partial charge in [-0.2, -0.15) is 0 Å². The number of nitrogens with zero attached hydrogens (tertiary/aromatic N) is 4. The maximum atomic E-state index is 13.6. The van der Waals surface area contributed by atoms with Crippen molar-refractivity contribution >= 4 is 11.6 Å². The number of ether oxygens (including phenoxy) is 1. The fourth-order valence-corrected chi connectivity index (χ4v) is 4.17. The number of fused-ring (bicyclic) bond motifs is 2. The fraction of sp³-hybridized carbons (Fsp3) is 0.217. The van der Waals surface area contributed by atoms with Crippen LogP contribution in [0, 0.1) is 6.92 Å². The molecule has 4 heterocycles. The molecule has 8 heteroatoms. The highest BCUT2D eigenvalue weighted by atomic mass is 16.5. The number of carbonyl (C=O) groups excluding carboxylic acids is 1. The Morgan fingerprint density at radius 1 is 1.19 bits per heavy atom. The summed E-state index contributed by atoms with van der Waals surface area (Å²) in [6.07, 6.45) is 5.30. The normalized spacial score (nSPS) is 15.7. The van der Waals surface area contributed by atoms with E-state index in [1.165, 1.54) is 10.6 Å². The second-order valence-corrected chi connectivity index (χ2v) is 7.55.